The maximum Gasteiger partial charge on any atom is 0.0724 e. The van der Waals surface area contributed by atoms with Gasteiger partial charge in [-0.15, -0.1) is 0 Å². The summed E-state index contributed by atoms with van der Waals surface area (Å²) >= 11 is 0. The Bertz CT molecular complexity index is 569. The molecule has 140 valence electrons. The first kappa shape index (κ1) is 21.2. The fourth-order valence-corrected chi connectivity index (χ4v) is 2.24. The Morgan fingerprint density at radius 1 is 1.32 bits per heavy atom. The molecule has 5 heteroatoms. The van der Waals surface area contributed by atoms with E-state index < -0.39 is 0 Å². The Kier molecular flexibility index (Phi) is 9.21. The number of benzene rings is 1. The van der Waals surface area contributed by atoms with E-state index in [0.29, 0.717) is 5.92 Å². The molecule has 0 bridgehead atoms. The maximum atomic E-state index is 9.30. The molecule has 0 saturated heterocycles. The average molecular weight is 347 g/mol. The third kappa shape index (κ3) is 7.69. The van der Waals surface area contributed by atoms with Crippen molar-refractivity contribution >= 4 is 5.69 Å². The number of anilines is 1. The van der Waals surface area contributed by atoms with Crippen molar-refractivity contribution in [1.82, 2.24) is 5.01 Å². The van der Waals surface area contributed by atoms with Crippen LogP contribution in [0.4, 0.5) is 5.69 Å². The zero-order valence-corrected chi connectivity index (χ0v) is 16.5. The molecule has 1 aromatic rings. The van der Waals surface area contributed by atoms with Crippen molar-refractivity contribution in [1.29, 1.82) is 0 Å². The van der Waals surface area contributed by atoms with Crippen LogP contribution >= 0.6 is 0 Å². The minimum Gasteiger partial charge on any atom is -0.392 e. The van der Waals surface area contributed by atoms with Gasteiger partial charge >= 0.3 is 0 Å². The molecule has 25 heavy (non-hydrogen) atoms. The van der Waals surface area contributed by atoms with E-state index in [2.05, 4.69) is 56.3 Å². The molecular weight excluding hydrogens is 312 g/mol. The molecule has 0 aromatic heterocycles. The first-order valence-electron chi connectivity index (χ1n) is 9.08. The van der Waals surface area contributed by atoms with E-state index in [1.165, 1.54) is 5.57 Å². The van der Waals surface area contributed by atoms with Crippen LogP contribution in [0, 0.1) is 5.92 Å². The Labute approximate surface area is 152 Å². The van der Waals surface area contributed by atoms with Gasteiger partial charge in [0, 0.05) is 25.3 Å². The molecule has 0 saturated carbocycles. The van der Waals surface area contributed by atoms with E-state index in [1.54, 1.807) is 0 Å². The van der Waals surface area contributed by atoms with E-state index in [-0.39, 0.29) is 18.7 Å². The number of nitrogens with one attached hydrogen (secondary N) is 1. The molecular formula is C20H34N4O. The van der Waals surface area contributed by atoms with Crippen LogP contribution in [-0.4, -0.2) is 35.8 Å². The summed E-state index contributed by atoms with van der Waals surface area (Å²) in [6.07, 6.45) is 3.06. The lowest BCUT2D eigenvalue weighted by Crippen LogP contribution is -2.26. The second-order valence-corrected chi connectivity index (χ2v) is 6.95. The Morgan fingerprint density at radius 3 is 2.64 bits per heavy atom. The van der Waals surface area contributed by atoms with E-state index in [1.807, 2.05) is 36.3 Å². The van der Waals surface area contributed by atoms with Crippen molar-refractivity contribution < 1.29 is 5.11 Å². The summed E-state index contributed by atoms with van der Waals surface area (Å²) in [6.45, 7) is 11.5. The van der Waals surface area contributed by atoms with Gasteiger partial charge in [0.1, 0.15) is 0 Å². The van der Waals surface area contributed by atoms with Crippen LogP contribution in [0.1, 0.15) is 46.6 Å². The van der Waals surface area contributed by atoms with Crippen molar-refractivity contribution in [3.8, 4) is 0 Å². The molecule has 0 aliphatic rings. The van der Waals surface area contributed by atoms with Crippen molar-refractivity contribution in [2.24, 2.45) is 16.3 Å². The highest BCUT2D eigenvalue weighted by Gasteiger charge is 2.12. The zero-order valence-electron chi connectivity index (χ0n) is 16.5. The van der Waals surface area contributed by atoms with Crippen molar-refractivity contribution in [3.63, 3.8) is 0 Å². The van der Waals surface area contributed by atoms with E-state index >= 15 is 0 Å². The lowest BCUT2D eigenvalue weighted by molar-refractivity contribution is 0.282. The number of aliphatic hydroxyl groups is 1. The minimum atomic E-state index is 0.0555. The van der Waals surface area contributed by atoms with Crippen molar-refractivity contribution in [2.75, 3.05) is 18.9 Å². The molecule has 0 aliphatic heterocycles. The molecule has 2 unspecified atom stereocenters. The average Bonchev–Trinajstić information content (AvgIpc) is 2.62. The van der Waals surface area contributed by atoms with Gasteiger partial charge < -0.3 is 10.4 Å². The number of nitrogens with zero attached hydrogens (tertiary/aromatic N) is 3. The lowest BCUT2D eigenvalue weighted by Gasteiger charge is -2.23. The van der Waals surface area contributed by atoms with Crippen LogP contribution < -0.4 is 5.32 Å². The van der Waals surface area contributed by atoms with Crippen molar-refractivity contribution in [2.45, 2.75) is 59.7 Å². The highest BCUT2D eigenvalue weighted by atomic mass is 16.3. The maximum absolute atomic E-state index is 9.30. The molecule has 1 aromatic carbocycles. The Balaban J connectivity index is 2.67. The first-order chi connectivity index (χ1) is 11.9. The zero-order chi connectivity index (χ0) is 18.8. The predicted octanol–water partition coefficient (Wildman–Crippen LogP) is 4.66. The number of hydrogen-bond acceptors (Lipinski definition) is 4. The van der Waals surface area contributed by atoms with Crippen LogP contribution in [-0.2, 0) is 6.61 Å². The van der Waals surface area contributed by atoms with Gasteiger partial charge in [-0.2, -0.15) is 5.11 Å². The fourth-order valence-electron chi connectivity index (χ4n) is 2.24. The van der Waals surface area contributed by atoms with Gasteiger partial charge in [0.15, 0.2) is 0 Å². The van der Waals surface area contributed by atoms with Gasteiger partial charge in [0.25, 0.3) is 0 Å². The van der Waals surface area contributed by atoms with E-state index in [4.69, 9.17) is 0 Å². The summed E-state index contributed by atoms with van der Waals surface area (Å²) < 4.78 is 0. The molecule has 0 spiro atoms. The van der Waals surface area contributed by atoms with E-state index in [0.717, 1.165) is 24.2 Å². The number of aliphatic hydroxyl groups excluding tert-OH is 1. The molecule has 0 amide bonds. The third-order valence-corrected chi connectivity index (χ3v) is 4.55. The summed E-state index contributed by atoms with van der Waals surface area (Å²) in [7, 11) is 1.96. The molecule has 5 nitrogen and oxygen atoms in total. The molecule has 1 rings (SSSR count). The highest BCUT2D eigenvalue weighted by molar-refractivity contribution is 5.48. The first-order valence-corrected chi connectivity index (χ1v) is 9.08. The summed E-state index contributed by atoms with van der Waals surface area (Å²) in [5.74, 6) is 0.496. The van der Waals surface area contributed by atoms with Gasteiger partial charge in [0.05, 0.1) is 12.6 Å². The van der Waals surface area contributed by atoms with Crippen LogP contribution in [0.15, 0.2) is 46.3 Å². The Hall–Kier alpha value is -1.88. The second kappa shape index (κ2) is 10.9. The normalized spacial score (nSPS) is 14.8. The molecule has 0 radical (unpaired) electrons. The number of hydrogen-bond donors (Lipinski definition) is 2. The highest BCUT2D eigenvalue weighted by Crippen LogP contribution is 2.17. The number of rotatable bonds is 10. The van der Waals surface area contributed by atoms with Crippen molar-refractivity contribution in [3.05, 3.63) is 41.5 Å². The lowest BCUT2D eigenvalue weighted by atomic mass is 10.0. The van der Waals surface area contributed by atoms with Gasteiger partial charge in [-0.05, 0) is 50.8 Å². The fraction of sp³-hybridized carbons (Fsp3) is 0.600. The summed E-state index contributed by atoms with van der Waals surface area (Å²) in [5, 5.41) is 23.4. The standard InChI is InChI=1S/C20H34N4O/c1-7-16(4)20(21-19-10-8-9-18(13-19)14-25)11-12-24(6)23-22-17(5)15(2)3/h7-10,13,15,17,20-21,25H,11-12,14H2,1-6H3/b16-7+,23-22-. The van der Waals surface area contributed by atoms with Gasteiger partial charge in [-0.3, -0.25) is 5.01 Å². The summed E-state index contributed by atoms with van der Waals surface area (Å²) in [4.78, 5) is 0. The molecule has 2 N–H and O–H groups in total. The topological polar surface area (TPSA) is 60.2 Å². The third-order valence-electron chi connectivity index (χ3n) is 4.55. The quantitative estimate of drug-likeness (QED) is 0.368. The van der Waals surface area contributed by atoms with Crippen LogP contribution in [0.2, 0.25) is 0 Å². The van der Waals surface area contributed by atoms with Gasteiger partial charge in [-0.1, -0.05) is 42.9 Å². The van der Waals surface area contributed by atoms with Gasteiger partial charge in [0.2, 0.25) is 0 Å². The van der Waals surface area contributed by atoms with Crippen LogP contribution in [0.5, 0.6) is 0 Å². The monoisotopic (exact) mass is 346 g/mol. The smallest absolute Gasteiger partial charge is 0.0724 e. The Morgan fingerprint density at radius 2 is 2.04 bits per heavy atom. The predicted molar refractivity (Wildman–Crippen MR) is 106 cm³/mol. The molecule has 2 atom stereocenters. The molecule has 0 heterocycles. The summed E-state index contributed by atoms with van der Waals surface area (Å²) in [6, 6.07) is 8.36. The minimum absolute atomic E-state index is 0.0555. The number of allylic oxidation sites excluding steroid dienone is 1. The largest absolute Gasteiger partial charge is 0.392 e. The van der Waals surface area contributed by atoms with Gasteiger partial charge in [-0.25, -0.2) is 0 Å². The molecule has 0 aliphatic carbocycles. The summed E-state index contributed by atoms with van der Waals surface area (Å²) in [5.41, 5.74) is 3.22. The van der Waals surface area contributed by atoms with Crippen LogP contribution in [0.25, 0.3) is 0 Å². The molecule has 0 fully saturated rings. The SMILES string of the molecule is C/C=C(\C)C(CCN(C)/N=N\C(C)C(C)C)Nc1cccc(CO)c1. The second-order valence-electron chi connectivity index (χ2n) is 6.95. The van der Waals surface area contributed by atoms with E-state index in [9.17, 15) is 5.11 Å². The van der Waals surface area contributed by atoms with Crippen LogP contribution in [0.3, 0.4) is 0 Å².